The average molecular weight is 350 g/mol. The fourth-order valence-electron chi connectivity index (χ4n) is 3.00. The molecule has 128 valence electrons. The summed E-state index contributed by atoms with van der Waals surface area (Å²) in [7, 11) is 0. The van der Waals surface area contributed by atoms with E-state index in [0.717, 1.165) is 25.2 Å². The minimum atomic E-state index is -0.315. The number of ether oxygens (including phenoxy) is 1. The van der Waals surface area contributed by atoms with Gasteiger partial charge in [-0.15, -0.1) is 0 Å². The van der Waals surface area contributed by atoms with Crippen molar-refractivity contribution in [2.75, 3.05) is 13.2 Å². The third-order valence-corrected chi connectivity index (χ3v) is 4.55. The lowest BCUT2D eigenvalue weighted by atomic mass is 9.91. The standard InChI is InChI=1S/C16H20ClN5O2/c1-2-22-6-5-19-15(22)13(11-3-7-24-8-4-11)21-16(23)14-12(17)9-18-10-20-14/h5-6,9-11,13H,2-4,7-8H2,1H3,(H,21,23)/t13-/m0/s1. The van der Waals surface area contributed by atoms with Gasteiger partial charge in [-0.3, -0.25) is 4.79 Å². The number of hydrogen-bond donors (Lipinski definition) is 1. The maximum Gasteiger partial charge on any atom is 0.272 e. The smallest absolute Gasteiger partial charge is 0.272 e. The van der Waals surface area contributed by atoms with E-state index in [0.29, 0.717) is 13.2 Å². The number of carbonyl (C=O) groups is 1. The Morgan fingerprint density at radius 1 is 1.46 bits per heavy atom. The van der Waals surface area contributed by atoms with Crippen molar-refractivity contribution in [2.45, 2.75) is 32.4 Å². The number of aryl methyl sites for hydroxylation is 1. The normalized spacial score (nSPS) is 16.8. The van der Waals surface area contributed by atoms with Gasteiger partial charge in [-0.2, -0.15) is 0 Å². The molecule has 3 heterocycles. The molecule has 0 bridgehead atoms. The van der Waals surface area contributed by atoms with Crippen LogP contribution in [0.5, 0.6) is 0 Å². The number of amides is 1. The Labute approximate surface area is 145 Å². The fraction of sp³-hybridized carbons (Fsp3) is 0.500. The Hall–Kier alpha value is -1.99. The predicted octanol–water partition coefficient (Wildman–Crippen LogP) is 2.24. The van der Waals surface area contributed by atoms with Gasteiger partial charge in [0.15, 0.2) is 0 Å². The first-order chi connectivity index (χ1) is 11.7. The Kier molecular flexibility index (Phi) is 5.42. The van der Waals surface area contributed by atoms with Crippen LogP contribution < -0.4 is 5.32 Å². The molecular formula is C16H20ClN5O2. The largest absolute Gasteiger partial charge is 0.381 e. The first-order valence-corrected chi connectivity index (χ1v) is 8.43. The molecule has 1 N–H and O–H groups in total. The van der Waals surface area contributed by atoms with E-state index >= 15 is 0 Å². The number of hydrogen-bond acceptors (Lipinski definition) is 5. The molecule has 1 aliphatic heterocycles. The molecule has 2 aromatic heterocycles. The lowest BCUT2D eigenvalue weighted by Crippen LogP contribution is -2.38. The molecule has 24 heavy (non-hydrogen) atoms. The molecule has 7 nitrogen and oxygen atoms in total. The Morgan fingerprint density at radius 3 is 2.96 bits per heavy atom. The highest BCUT2D eigenvalue weighted by Gasteiger charge is 2.30. The van der Waals surface area contributed by atoms with E-state index in [9.17, 15) is 4.79 Å². The van der Waals surface area contributed by atoms with Gasteiger partial charge >= 0.3 is 0 Å². The second-order valence-electron chi connectivity index (χ2n) is 5.69. The van der Waals surface area contributed by atoms with Crippen molar-refractivity contribution in [3.8, 4) is 0 Å². The molecular weight excluding hydrogens is 330 g/mol. The number of rotatable bonds is 5. The van der Waals surface area contributed by atoms with Crippen LogP contribution in [0.2, 0.25) is 5.02 Å². The third-order valence-electron chi connectivity index (χ3n) is 4.27. The highest BCUT2D eigenvalue weighted by atomic mass is 35.5. The number of carbonyl (C=O) groups excluding carboxylic acids is 1. The molecule has 2 aromatic rings. The number of halogens is 1. The molecule has 1 amide bonds. The third kappa shape index (κ3) is 3.57. The molecule has 8 heteroatoms. The zero-order valence-corrected chi connectivity index (χ0v) is 14.2. The monoisotopic (exact) mass is 349 g/mol. The van der Waals surface area contributed by atoms with Crippen LogP contribution in [0.25, 0.3) is 0 Å². The minimum absolute atomic E-state index is 0.179. The lowest BCUT2D eigenvalue weighted by Gasteiger charge is -2.30. The summed E-state index contributed by atoms with van der Waals surface area (Å²) in [4.78, 5) is 24.9. The van der Waals surface area contributed by atoms with E-state index < -0.39 is 0 Å². The van der Waals surface area contributed by atoms with Gasteiger partial charge in [0.25, 0.3) is 5.91 Å². The summed E-state index contributed by atoms with van der Waals surface area (Å²) in [5.74, 6) is 0.795. The summed E-state index contributed by atoms with van der Waals surface area (Å²) in [5, 5.41) is 3.30. The van der Waals surface area contributed by atoms with E-state index in [2.05, 4.69) is 27.2 Å². The first-order valence-electron chi connectivity index (χ1n) is 8.05. The SMILES string of the molecule is CCn1ccnc1[C@@H](NC(=O)c1ncncc1Cl)C1CCOCC1. The molecule has 3 rings (SSSR count). The van der Waals surface area contributed by atoms with Crippen LogP contribution in [0.15, 0.2) is 24.9 Å². The van der Waals surface area contributed by atoms with Gasteiger partial charge in [-0.25, -0.2) is 15.0 Å². The maximum absolute atomic E-state index is 12.7. The van der Waals surface area contributed by atoms with Crippen LogP contribution in [-0.4, -0.2) is 38.6 Å². The quantitative estimate of drug-likeness (QED) is 0.895. The molecule has 0 aliphatic carbocycles. The highest BCUT2D eigenvalue weighted by molar-refractivity contribution is 6.33. The van der Waals surface area contributed by atoms with Crippen molar-refractivity contribution in [2.24, 2.45) is 5.92 Å². The molecule has 0 spiro atoms. The van der Waals surface area contributed by atoms with E-state index in [1.165, 1.54) is 12.5 Å². The van der Waals surface area contributed by atoms with Crippen LogP contribution in [0.4, 0.5) is 0 Å². The van der Waals surface area contributed by atoms with Crippen molar-refractivity contribution >= 4 is 17.5 Å². The average Bonchev–Trinajstić information content (AvgIpc) is 3.09. The summed E-state index contributed by atoms with van der Waals surface area (Å²) in [5.41, 5.74) is 0.179. The van der Waals surface area contributed by atoms with Crippen molar-refractivity contribution in [1.29, 1.82) is 0 Å². The molecule has 0 unspecified atom stereocenters. The van der Waals surface area contributed by atoms with E-state index in [1.54, 1.807) is 6.20 Å². The first kappa shape index (κ1) is 16.9. The Balaban J connectivity index is 1.87. The number of nitrogens with one attached hydrogen (secondary N) is 1. The van der Waals surface area contributed by atoms with Crippen LogP contribution in [0.3, 0.4) is 0 Å². The van der Waals surface area contributed by atoms with Crippen molar-refractivity contribution in [3.05, 3.63) is 41.5 Å². The second kappa shape index (κ2) is 7.72. The van der Waals surface area contributed by atoms with Crippen LogP contribution >= 0.6 is 11.6 Å². The zero-order valence-electron chi connectivity index (χ0n) is 13.5. The number of imidazole rings is 1. The summed E-state index contributed by atoms with van der Waals surface area (Å²) in [6.45, 7) is 4.23. The molecule has 1 fully saturated rings. The molecule has 0 aromatic carbocycles. The molecule has 0 radical (unpaired) electrons. The lowest BCUT2D eigenvalue weighted by molar-refractivity contribution is 0.0497. The van der Waals surface area contributed by atoms with Crippen molar-refractivity contribution in [1.82, 2.24) is 24.8 Å². The molecule has 0 saturated carbocycles. The second-order valence-corrected chi connectivity index (χ2v) is 6.10. The van der Waals surface area contributed by atoms with Gasteiger partial charge in [0.05, 0.1) is 11.1 Å². The van der Waals surface area contributed by atoms with E-state index in [1.807, 2.05) is 10.8 Å². The zero-order chi connectivity index (χ0) is 16.9. The Morgan fingerprint density at radius 2 is 2.25 bits per heavy atom. The van der Waals surface area contributed by atoms with Gasteiger partial charge in [0, 0.05) is 38.3 Å². The van der Waals surface area contributed by atoms with Crippen LogP contribution in [0.1, 0.15) is 42.1 Å². The van der Waals surface area contributed by atoms with Crippen LogP contribution in [0, 0.1) is 5.92 Å². The molecule has 1 aliphatic rings. The van der Waals surface area contributed by atoms with Gasteiger partial charge < -0.3 is 14.6 Å². The maximum atomic E-state index is 12.7. The summed E-state index contributed by atoms with van der Waals surface area (Å²) >= 11 is 6.05. The predicted molar refractivity (Wildman–Crippen MR) is 88.7 cm³/mol. The summed E-state index contributed by atoms with van der Waals surface area (Å²) < 4.78 is 7.49. The van der Waals surface area contributed by atoms with Gasteiger partial charge in [-0.05, 0) is 25.7 Å². The van der Waals surface area contributed by atoms with Crippen molar-refractivity contribution < 1.29 is 9.53 Å². The molecule has 1 saturated heterocycles. The van der Waals surface area contributed by atoms with Gasteiger partial charge in [-0.1, -0.05) is 11.6 Å². The topological polar surface area (TPSA) is 81.9 Å². The Bertz CT molecular complexity index is 699. The van der Waals surface area contributed by atoms with E-state index in [-0.39, 0.29) is 28.6 Å². The fourth-order valence-corrected chi connectivity index (χ4v) is 3.19. The van der Waals surface area contributed by atoms with Gasteiger partial charge in [0.2, 0.25) is 0 Å². The van der Waals surface area contributed by atoms with Crippen molar-refractivity contribution in [3.63, 3.8) is 0 Å². The summed E-state index contributed by atoms with van der Waals surface area (Å²) in [6, 6.07) is -0.206. The minimum Gasteiger partial charge on any atom is -0.381 e. The molecule has 1 atom stereocenters. The summed E-state index contributed by atoms with van der Waals surface area (Å²) in [6.07, 6.45) is 8.16. The highest BCUT2D eigenvalue weighted by Crippen LogP contribution is 2.30. The number of aromatic nitrogens is 4. The number of nitrogens with zero attached hydrogens (tertiary/aromatic N) is 4. The van der Waals surface area contributed by atoms with Crippen LogP contribution in [-0.2, 0) is 11.3 Å². The van der Waals surface area contributed by atoms with Gasteiger partial charge in [0.1, 0.15) is 17.8 Å². The van der Waals surface area contributed by atoms with E-state index in [4.69, 9.17) is 16.3 Å².